The van der Waals surface area contributed by atoms with E-state index in [1.54, 1.807) is 30.3 Å². The van der Waals surface area contributed by atoms with Gasteiger partial charge in [-0.05, 0) is 59.8 Å². The van der Waals surface area contributed by atoms with Gasteiger partial charge in [0.05, 0.1) is 15.5 Å². The Labute approximate surface area is 229 Å². The van der Waals surface area contributed by atoms with Crippen LogP contribution in [-0.2, 0) is 22.4 Å². The second-order valence-corrected chi connectivity index (χ2v) is 9.77. The lowest BCUT2D eigenvalue weighted by atomic mass is 10.2. The molecular weight excluding hydrogens is 564 g/mol. The van der Waals surface area contributed by atoms with E-state index >= 15 is 0 Å². The largest absolute Gasteiger partial charge is 0.487 e. The summed E-state index contributed by atoms with van der Waals surface area (Å²) in [6.07, 6.45) is -3.14. The van der Waals surface area contributed by atoms with Gasteiger partial charge in [0.25, 0.3) is 11.1 Å². The molecule has 0 saturated carbocycles. The Balaban J connectivity index is 1.40. The predicted molar refractivity (Wildman–Crippen MR) is 140 cm³/mol. The topological polar surface area (TPSA) is 75.7 Å². The first-order chi connectivity index (χ1) is 18.0. The van der Waals surface area contributed by atoms with Gasteiger partial charge in [-0.3, -0.25) is 19.3 Å². The number of carbonyl (C=O) groups excluding carboxylic acids is 3. The number of nitrogens with one attached hydrogen (secondary N) is 1. The first kappa shape index (κ1) is 27.6. The van der Waals surface area contributed by atoms with Crippen LogP contribution in [0.15, 0.2) is 71.6 Å². The molecule has 0 unspecified atom stereocenters. The van der Waals surface area contributed by atoms with E-state index in [4.69, 9.17) is 27.9 Å². The molecule has 0 spiro atoms. The summed E-state index contributed by atoms with van der Waals surface area (Å²) in [5.41, 5.74) is 0.237. The second-order valence-electron chi connectivity index (χ2n) is 7.96. The lowest BCUT2D eigenvalue weighted by Crippen LogP contribution is -2.36. The third kappa shape index (κ3) is 6.69. The fraction of sp³-hybridized carbons (Fsp3) is 0.115. The number of ether oxygens (including phenoxy) is 1. The number of alkyl halides is 3. The molecule has 6 nitrogen and oxygen atoms in total. The van der Waals surface area contributed by atoms with Crippen molar-refractivity contribution < 1.29 is 32.3 Å². The Morgan fingerprint density at radius 2 is 1.76 bits per heavy atom. The van der Waals surface area contributed by atoms with E-state index in [0.717, 1.165) is 23.8 Å². The smallest absolute Gasteiger partial charge is 0.416 e. The number of anilines is 1. The minimum absolute atomic E-state index is 0.0580. The number of hydrogen-bond acceptors (Lipinski definition) is 5. The zero-order chi connectivity index (χ0) is 27.4. The number of carbonyl (C=O) groups is 3. The summed E-state index contributed by atoms with van der Waals surface area (Å²) in [6, 6.07) is 16.0. The van der Waals surface area contributed by atoms with Gasteiger partial charge in [-0.1, -0.05) is 53.5 Å². The average Bonchev–Trinajstić information content (AvgIpc) is 3.11. The molecule has 1 fully saturated rings. The van der Waals surface area contributed by atoms with Gasteiger partial charge >= 0.3 is 6.18 Å². The highest BCUT2D eigenvalue weighted by Crippen LogP contribution is 2.34. The lowest BCUT2D eigenvalue weighted by molar-refractivity contribution is -0.137. The van der Waals surface area contributed by atoms with Crippen molar-refractivity contribution >= 4 is 63.8 Å². The van der Waals surface area contributed by atoms with Crippen LogP contribution in [0.25, 0.3) is 6.08 Å². The van der Waals surface area contributed by atoms with Crippen molar-refractivity contribution in [1.82, 2.24) is 4.90 Å². The highest BCUT2D eigenvalue weighted by atomic mass is 35.5. The predicted octanol–water partition coefficient (Wildman–Crippen LogP) is 7.27. The summed E-state index contributed by atoms with van der Waals surface area (Å²) in [4.78, 5) is 38.2. The number of rotatable bonds is 7. The molecule has 0 aromatic heterocycles. The van der Waals surface area contributed by atoms with E-state index in [1.807, 2.05) is 12.1 Å². The molecule has 1 heterocycles. The van der Waals surface area contributed by atoms with E-state index in [-0.39, 0.29) is 22.2 Å². The van der Waals surface area contributed by atoms with Crippen molar-refractivity contribution in [2.75, 3.05) is 11.9 Å². The molecule has 3 amide bonds. The molecule has 4 rings (SSSR count). The molecule has 0 radical (unpaired) electrons. The molecule has 1 aliphatic rings. The SMILES string of the molecule is O=C(CN1C(=O)S/C(=C\c2ccc(OCc3ccccc3Cl)c(Cl)c2)C1=O)Nc1cccc(C(F)(F)F)c1. The summed E-state index contributed by atoms with van der Waals surface area (Å²) in [5, 5.41) is 2.41. The molecule has 12 heteroatoms. The number of amides is 3. The molecule has 0 bridgehead atoms. The zero-order valence-electron chi connectivity index (χ0n) is 19.2. The summed E-state index contributed by atoms with van der Waals surface area (Å²) >= 11 is 13.1. The maximum atomic E-state index is 12.9. The standard InChI is InChI=1S/C26H17Cl2F3N2O4S/c27-19-7-2-1-4-16(19)14-37-21-9-8-15(10-20(21)28)11-22-24(35)33(25(36)38-22)13-23(34)32-18-6-3-5-17(12-18)26(29,30)31/h1-12H,13-14H2,(H,32,34)/b22-11-. The van der Waals surface area contributed by atoms with Gasteiger partial charge in [-0.15, -0.1) is 0 Å². The van der Waals surface area contributed by atoms with Crippen LogP contribution in [0.1, 0.15) is 16.7 Å². The van der Waals surface area contributed by atoms with Crippen molar-refractivity contribution in [1.29, 1.82) is 0 Å². The van der Waals surface area contributed by atoms with E-state index in [0.29, 0.717) is 33.0 Å². The van der Waals surface area contributed by atoms with E-state index in [9.17, 15) is 27.6 Å². The van der Waals surface area contributed by atoms with Crippen molar-refractivity contribution in [3.05, 3.63) is 98.4 Å². The van der Waals surface area contributed by atoms with Crippen molar-refractivity contribution in [3.63, 3.8) is 0 Å². The molecule has 1 saturated heterocycles. The van der Waals surface area contributed by atoms with Crippen LogP contribution in [-0.4, -0.2) is 28.5 Å². The van der Waals surface area contributed by atoms with Crippen LogP contribution in [0.2, 0.25) is 10.0 Å². The summed E-state index contributed by atoms with van der Waals surface area (Å²) in [5.74, 6) is -1.14. The van der Waals surface area contributed by atoms with E-state index in [1.165, 1.54) is 12.1 Å². The normalized spacial score (nSPS) is 14.8. The average molecular weight is 581 g/mol. The number of benzene rings is 3. The van der Waals surface area contributed by atoms with Crippen LogP contribution in [0.4, 0.5) is 23.7 Å². The lowest BCUT2D eigenvalue weighted by Gasteiger charge is -2.13. The third-order valence-electron chi connectivity index (χ3n) is 5.24. The Hall–Kier alpha value is -3.47. The van der Waals surface area contributed by atoms with Gasteiger partial charge in [0.1, 0.15) is 18.9 Å². The van der Waals surface area contributed by atoms with E-state index < -0.39 is 35.3 Å². The molecule has 1 aliphatic heterocycles. The third-order valence-corrected chi connectivity index (χ3v) is 6.82. The van der Waals surface area contributed by atoms with Crippen molar-refractivity contribution in [2.45, 2.75) is 12.8 Å². The Morgan fingerprint density at radius 1 is 1.00 bits per heavy atom. The summed E-state index contributed by atoms with van der Waals surface area (Å²) < 4.78 is 44.4. The minimum Gasteiger partial charge on any atom is -0.487 e. The van der Waals surface area contributed by atoms with Crippen LogP contribution >= 0.6 is 35.0 Å². The monoisotopic (exact) mass is 580 g/mol. The Morgan fingerprint density at radius 3 is 2.47 bits per heavy atom. The molecule has 196 valence electrons. The minimum atomic E-state index is -4.58. The fourth-order valence-corrected chi connectivity index (χ4v) is 4.67. The first-order valence-electron chi connectivity index (χ1n) is 10.9. The molecule has 1 N–H and O–H groups in total. The maximum Gasteiger partial charge on any atom is 0.416 e. The number of hydrogen-bond donors (Lipinski definition) is 1. The van der Waals surface area contributed by atoms with Gasteiger partial charge in [-0.2, -0.15) is 13.2 Å². The molecular formula is C26H17Cl2F3N2O4S. The molecule has 0 aliphatic carbocycles. The summed E-state index contributed by atoms with van der Waals surface area (Å²) in [6.45, 7) is -0.464. The Bertz CT molecular complexity index is 1450. The maximum absolute atomic E-state index is 12.9. The van der Waals surface area contributed by atoms with Crippen molar-refractivity contribution in [2.24, 2.45) is 0 Å². The van der Waals surface area contributed by atoms with Crippen LogP contribution in [0, 0.1) is 0 Å². The number of imide groups is 1. The number of halogens is 5. The molecule has 38 heavy (non-hydrogen) atoms. The highest BCUT2D eigenvalue weighted by Gasteiger charge is 2.36. The van der Waals surface area contributed by atoms with Gasteiger partial charge in [0.2, 0.25) is 5.91 Å². The van der Waals surface area contributed by atoms with Crippen LogP contribution in [0.3, 0.4) is 0 Å². The molecule has 0 atom stereocenters. The fourth-order valence-electron chi connectivity index (χ4n) is 3.40. The summed E-state index contributed by atoms with van der Waals surface area (Å²) in [7, 11) is 0. The van der Waals surface area contributed by atoms with Crippen molar-refractivity contribution in [3.8, 4) is 5.75 Å². The number of nitrogens with zero attached hydrogens (tertiary/aromatic N) is 1. The van der Waals surface area contributed by atoms with Gasteiger partial charge in [-0.25, -0.2) is 0 Å². The molecule has 3 aromatic carbocycles. The quantitative estimate of drug-likeness (QED) is 0.297. The number of thioether (sulfide) groups is 1. The molecule has 3 aromatic rings. The Kier molecular flexibility index (Phi) is 8.35. The second kappa shape index (κ2) is 11.5. The van der Waals surface area contributed by atoms with Crippen LogP contribution < -0.4 is 10.1 Å². The van der Waals surface area contributed by atoms with Crippen LogP contribution in [0.5, 0.6) is 5.75 Å². The zero-order valence-corrected chi connectivity index (χ0v) is 21.5. The van der Waals surface area contributed by atoms with E-state index in [2.05, 4.69) is 5.32 Å². The van der Waals surface area contributed by atoms with Gasteiger partial charge in [0, 0.05) is 16.3 Å². The first-order valence-corrected chi connectivity index (χ1v) is 12.5. The van der Waals surface area contributed by atoms with Gasteiger partial charge < -0.3 is 10.1 Å². The van der Waals surface area contributed by atoms with Gasteiger partial charge in [0.15, 0.2) is 0 Å². The highest BCUT2D eigenvalue weighted by molar-refractivity contribution is 8.18.